The fourth-order valence-corrected chi connectivity index (χ4v) is 4.58. The molecule has 2 N–H and O–H groups in total. The van der Waals surface area contributed by atoms with Crippen LogP contribution in [0.25, 0.3) is 17.1 Å². The topological polar surface area (TPSA) is 84.7 Å². The molecule has 0 bridgehead atoms. The SMILES string of the molecule is Cc1cc(-c2ncc(F)c(Nc3ccc4c(c3)C(C)CNC4=O)n2)ccc1-n1cnc(C2CC2)c1. The Morgan fingerprint density at radius 3 is 2.80 bits per heavy atom. The molecular formula is C27H25FN6O. The molecule has 1 aliphatic heterocycles. The molecule has 1 saturated carbocycles. The third-order valence-corrected chi connectivity index (χ3v) is 6.73. The van der Waals surface area contributed by atoms with Crippen molar-refractivity contribution in [3.05, 3.63) is 83.3 Å². The second kappa shape index (κ2) is 8.30. The number of carbonyl (C=O) groups is 1. The number of nitrogens with zero attached hydrogens (tertiary/aromatic N) is 4. The van der Waals surface area contributed by atoms with Crippen LogP contribution in [0.15, 0.2) is 55.1 Å². The van der Waals surface area contributed by atoms with Gasteiger partial charge in [0.25, 0.3) is 5.91 Å². The fourth-order valence-electron chi connectivity index (χ4n) is 4.58. The normalized spacial score (nSPS) is 17.1. The van der Waals surface area contributed by atoms with Crippen LogP contribution in [-0.4, -0.2) is 32.0 Å². The molecule has 35 heavy (non-hydrogen) atoms. The minimum Gasteiger partial charge on any atom is -0.351 e. The van der Waals surface area contributed by atoms with Crippen LogP contribution in [0.3, 0.4) is 0 Å². The van der Waals surface area contributed by atoms with Crippen LogP contribution in [0, 0.1) is 12.7 Å². The molecule has 7 nitrogen and oxygen atoms in total. The lowest BCUT2D eigenvalue weighted by molar-refractivity contribution is 0.0941. The van der Waals surface area contributed by atoms with Crippen LogP contribution in [0.1, 0.15) is 58.8 Å². The lowest BCUT2D eigenvalue weighted by Gasteiger charge is -2.23. The van der Waals surface area contributed by atoms with E-state index >= 15 is 0 Å². The second-order valence-electron chi connectivity index (χ2n) is 9.41. The van der Waals surface area contributed by atoms with Gasteiger partial charge in [0, 0.05) is 41.2 Å². The molecule has 4 aromatic rings. The number of hydrogen-bond acceptors (Lipinski definition) is 5. The van der Waals surface area contributed by atoms with Gasteiger partial charge in [-0.2, -0.15) is 0 Å². The number of hydrogen-bond donors (Lipinski definition) is 2. The summed E-state index contributed by atoms with van der Waals surface area (Å²) in [4.78, 5) is 25.3. The minimum atomic E-state index is -0.545. The first-order valence-corrected chi connectivity index (χ1v) is 11.8. The number of aromatic nitrogens is 4. The Bertz CT molecular complexity index is 1460. The van der Waals surface area contributed by atoms with Gasteiger partial charge < -0.3 is 15.2 Å². The van der Waals surface area contributed by atoms with E-state index in [1.807, 2.05) is 49.0 Å². The number of carbonyl (C=O) groups excluding carboxylic acids is 1. The summed E-state index contributed by atoms with van der Waals surface area (Å²) >= 11 is 0. The van der Waals surface area contributed by atoms with Gasteiger partial charge in [0.15, 0.2) is 17.5 Å². The summed E-state index contributed by atoms with van der Waals surface area (Å²) in [5.74, 6) is 0.666. The van der Waals surface area contributed by atoms with Crippen molar-refractivity contribution in [2.24, 2.45) is 0 Å². The van der Waals surface area contributed by atoms with Gasteiger partial charge in [-0.05, 0) is 73.2 Å². The van der Waals surface area contributed by atoms with Crippen molar-refractivity contribution < 1.29 is 9.18 Å². The number of amides is 1. The van der Waals surface area contributed by atoms with Crippen LogP contribution >= 0.6 is 0 Å². The Labute approximate surface area is 202 Å². The molecule has 0 radical (unpaired) electrons. The monoisotopic (exact) mass is 468 g/mol. The van der Waals surface area contributed by atoms with Crippen molar-refractivity contribution in [1.82, 2.24) is 24.8 Å². The molecule has 8 heteroatoms. The summed E-state index contributed by atoms with van der Waals surface area (Å²) in [6, 6.07) is 11.4. The number of fused-ring (bicyclic) bond motifs is 1. The summed E-state index contributed by atoms with van der Waals surface area (Å²) in [5.41, 5.74) is 6.29. The van der Waals surface area contributed by atoms with E-state index in [4.69, 9.17) is 0 Å². The van der Waals surface area contributed by atoms with Gasteiger partial charge in [-0.3, -0.25) is 4.79 Å². The number of benzene rings is 2. The summed E-state index contributed by atoms with van der Waals surface area (Å²) in [6.45, 7) is 4.66. The van der Waals surface area contributed by atoms with E-state index in [0.29, 0.717) is 29.5 Å². The average Bonchev–Trinajstić information content (AvgIpc) is 3.60. The number of rotatable bonds is 5. The van der Waals surface area contributed by atoms with Crippen LogP contribution in [0.4, 0.5) is 15.9 Å². The summed E-state index contributed by atoms with van der Waals surface area (Å²) in [7, 11) is 0. The second-order valence-corrected chi connectivity index (χ2v) is 9.41. The summed E-state index contributed by atoms with van der Waals surface area (Å²) < 4.78 is 16.7. The fraction of sp³-hybridized carbons (Fsp3) is 0.259. The van der Waals surface area contributed by atoms with Gasteiger partial charge in [-0.1, -0.05) is 6.92 Å². The Kier molecular flexibility index (Phi) is 5.09. The Balaban J connectivity index is 1.28. The van der Waals surface area contributed by atoms with E-state index in [1.54, 1.807) is 12.1 Å². The molecule has 2 aliphatic rings. The van der Waals surface area contributed by atoms with Gasteiger partial charge in [-0.15, -0.1) is 0 Å². The van der Waals surface area contributed by atoms with Crippen LogP contribution in [0.5, 0.6) is 0 Å². The maximum absolute atomic E-state index is 14.6. The van der Waals surface area contributed by atoms with Crippen molar-refractivity contribution >= 4 is 17.4 Å². The quantitative estimate of drug-likeness (QED) is 0.418. The van der Waals surface area contributed by atoms with Gasteiger partial charge in [0.1, 0.15) is 0 Å². The minimum absolute atomic E-state index is 0.0848. The van der Waals surface area contributed by atoms with E-state index in [2.05, 4.69) is 31.8 Å². The summed E-state index contributed by atoms with van der Waals surface area (Å²) in [6.07, 6.45) is 7.56. The van der Waals surface area contributed by atoms with Crippen LogP contribution in [-0.2, 0) is 0 Å². The van der Waals surface area contributed by atoms with E-state index < -0.39 is 5.82 Å². The predicted octanol–water partition coefficient (Wildman–Crippen LogP) is 5.24. The molecule has 6 rings (SSSR count). The van der Waals surface area contributed by atoms with E-state index in [-0.39, 0.29) is 17.6 Å². The maximum atomic E-state index is 14.6. The molecular weight excluding hydrogens is 443 g/mol. The maximum Gasteiger partial charge on any atom is 0.251 e. The average molecular weight is 469 g/mol. The highest BCUT2D eigenvalue weighted by Crippen LogP contribution is 2.39. The van der Waals surface area contributed by atoms with Gasteiger partial charge in [0.05, 0.1) is 18.2 Å². The highest BCUT2D eigenvalue weighted by molar-refractivity contribution is 5.97. The zero-order valence-electron chi connectivity index (χ0n) is 19.5. The smallest absolute Gasteiger partial charge is 0.251 e. The third kappa shape index (κ3) is 4.05. The Hall–Kier alpha value is -4.07. The van der Waals surface area contributed by atoms with Gasteiger partial charge in [-0.25, -0.2) is 19.3 Å². The molecule has 0 spiro atoms. The van der Waals surface area contributed by atoms with Crippen molar-refractivity contribution in [2.45, 2.75) is 38.5 Å². The van der Waals surface area contributed by atoms with Gasteiger partial charge in [0.2, 0.25) is 0 Å². The van der Waals surface area contributed by atoms with E-state index in [0.717, 1.165) is 28.1 Å². The number of aryl methyl sites for hydroxylation is 1. The molecule has 1 amide bonds. The zero-order chi connectivity index (χ0) is 24.1. The molecule has 0 saturated heterocycles. The first-order valence-electron chi connectivity index (χ1n) is 11.8. The molecule has 3 heterocycles. The molecule has 1 fully saturated rings. The first kappa shape index (κ1) is 21.5. The molecule has 2 aromatic carbocycles. The summed E-state index contributed by atoms with van der Waals surface area (Å²) in [5, 5.41) is 5.94. The third-order valence-electron chi connectivity index (χ3n) is 6.73. The molecule has 1 unspecified atom stereocenters. The van der Waals surface area contributed by atoms with Gasteiger partial charge >= 0.3 is 0 Å². The predicted molar refractivity (Wildman–Crippen MR) is 132 cm³/mol. The number of imidazole rings is 1. The van der Waals surface area contributed by atoms with Crippen molar-refractivity contribution in [2.75, 3.05) is 11.9 Å². The largest absolute Gasteiger partial charge is 0.351 e. The van der Waals surface area contributed by atoms with Crippen molar-refractivity contribution in [1.29, 1.82) is 0 Å². The first-order chi connectivity index (χ1) is 17.0. The van der Waals surface area contributed by atoms with E-state index in [9.17, 15) is 9.18 Å². The van der Waals surface area contributed by atoms with E-state index in [1.165, 1.54) is 19.0 Å². The van der Waals surface area contributed by atoms with Crippen LogP contribution < -0.4 is 10.6 Å². The van der Waals surface area contributed by atoms with Crippen molar-refractivity contribution in [3.8, 4) is 17.1 Å². The molecule has 1 atom stereocenters. The van der Waals surface area contributed by atoms with Crippen LogP contribution in [0.2, 0.25) is 0 Å². The lowest BCUT2D eigenvalue weighted by atomic mass is 9.91. The standard InChI is InChI=1S/C27H25FN6O/c1-15-9-18(5-8-24(15)34-13-23(31-14-34)17-3-4-17)25-29-12-22(28)26(33-25)32-19-6-7-20-21(10-19)16(2)11-30-27(20)35/h5-10,12-14,16-17H,3-4,11H2,1-2H3,(H,30,35)(H,29,32,33). The van der Waals surface area contributed by atoms with Crippen molar-refractivity contribution in [3.63, 3.8) is 0 Å². The molecule has 1 aliphatic carbocycles. The highest BCUT2D eigenvalue weighted by atomic mass is 19.1. The Morgan fingerprint density at radius 1 is 1.14 bits per heavy atom. The highest BCUT2D eigenvalue weighted by Gasteiger charge is 2.26. The number of anilines is 2. The molecule has 2 aromatic heterocycles. The molecule has 176 valence electrons. The number of halogens is 1. The number of nitrogens with one attached hydrogen (secondary N) is 2. The Morgan fingerprint density at radius 2 is 2.00 bits per heavy atom. The zero-order valence-corrected chi connectivity index (χ0v) is 19.5. The lowest BCUT2D eigenvalue weighted by Crippen LogP contribution is -2.33.